The number of thioether (sulfide) groups is 1. The molecule has 2 aromatic heterocycles. The third-order valence-corrected chi connectivity index (χ3v) is 8.17. The lowest BCUT2D eigenvalue weighted by Crippen LogP contribution is -2.14. The maximum Gasteiger partial charge on any atom is 0.236 e. The van der Waals surface area contributed by atoms with Gasteiger partial charge in [-0.1, -0.05) is 92.1 Å². The Hall–Kier alpha value is -2.65. The van der Waals surface area contributed by atoms with E-state index in [-0.39, 0.29) is 17.1 Å². The second-order valence-corrected chi connectivity index (χ2v) is 12.3. The average Bonchev–Trinajstić information content (AvgIpc) is 3.46. The number of carbonyl (C=O) groups is 1. The minimum Gasteiger partial charge on any atom is -0.301 e. The molecule has 1 amide bonds. The van der Waals surface area contributed by atoms with Gasteiger partial charge in [0.1, 0.15) is 0 Å². The van der Waals surface area contributed by atoms with Crippen molar-refractivity contribution in [2.75, 3.05) is 11.1 Å². The van der Waals surface area contributed by atoms with Crippen molar-refractivity contribution in [1.29, 1.82) is 0 Å². The fraction of sp³-hybridized carbons (Fsp3) is 0.259. The van der Waals surface area contributed by atoms with E-state index >= 15 is 0 Å². The van der Waals surface area contributed by atoms with E-state index in [4.69, 9.17) is 23.2 Å². The molecule has 192 valence electrons. The molecule has 6 nitrogen and oxygen atoms in total. The minimum atomic E-state index is -0.175. The Kier molecular flexibility index (Phi) is 8.75. The van der Waals surface area contributed by atoms with E-state index in [0.29, 0.717) is 33.3 Å². The number of hydrogen-bond donors (Lipinski definition) is 1. The van der Waals surface area contributed by atoms with Crippen molar-refractivity contribution in [1.82, 2.24) is 19.7 Å². The molecule has 0 atom stereocenters. The number of allylic oxidation sites excluding steroid dienone is 1. The lowest BCUT2D eigenvalue weighted by Gasteiger charge is -2.19. The lowest BCUT2D eigenvalue weighted by molar-refractivity contribution is -0.113. The second kappa shape index (κ2) is 11.8. The topological polar surface area (TPSA) is 72.7 Å². The van der Waals surface area contributed by atoms with E-state index < -0.39 is 0 Å². The van der Waals surface area contributed by atoms with Crippen molar-refractivity contribution in [2.45, 2.75) is 44.3 Å². The van der Waals surface area contributed by atoms with Gasteiger partial charge in [-0.3, -0.25) is 9.36 Å². The van der Waals surface area contributed by atoms with Crippen molar-refractivity contribution >= 4 is 57.3 Å². The fourth-order valence-corrected chi connectivity index (χ4v) is 5.75. The molecule has 0 unspecified atom stereocenters. The molecule has 2 heterocycles. The van der Waals surface area contributed by atoms with Crippen LogP contribution in [0.2, 0.25) is 10.0 Å². The number of benzene rings is 2. The smallest absolute Gasteiger partial charge is 0.236 e. The summed E-state index contributed by atoms with van der Waals surface area (Å²) in [7, 11) is 0. The van der Waals surface area contributed by atoms with Crippen LogP contribution in [0.3, 0.4) is 0 Å². The second-order valence-electron chi connectivity index (χ2n) is 9.38. The van der Waals surface area contributed by atoms with Gasteiger partial charge in [0.2, 0.25) is 5.91 Å². The van der Waals surface area contributed by atoms with Crippen molar-refractivity contribution in [3.05, 3.63) is 87.4 Å². The molecule has 0 radical (unpaired) electrons. The third-order valence-electron chi connectivity index (χ3n) is 5.58. The lowest BCUT2D eigenvalue weighted by atomic mass is 9.87. The molecule has 0 bridgehead atoms. The summed E-state index contributed by atoms with van der Waals surface area (Å²) < 4.78 is 1.96. The number of hydrogen-bond acceptors (Lipinski definition) is 6. The van der Waals surface area contributed by atoms with Gasteiger partial charge in [-0.25, -0.2) is 4.98 Å². The zero-order valence-electron chi connectivity index (χ0n) is 20.8. The molecule has 10 heteroatoms. The number of aromatic nitrogens is 4. The number of nitrogens with one attached hydrogen (secondary N) is 1. The van der Waals surface area contributed by atoms with E-state index in [9.17, 15) is 4.79 Å². The molecule has 0 spiro atoms. The number of thiazole rings is 1. The van der Waals surface area contributed by atoms with E-state index in [2.05, 4.69) is 72.1 Å². The van der Waals surface area contributed by atoms with Gasteiger partial charge >= 0.3 is 0 Å². The summed E-state index contributed by atoms with van der Waals surface area (Å²) in [5.74, 6) is 0.737. The van der Waals surface area contributed by atoms with Crippen LogP contribution in [0.15, 0.2) is 66.5 Å². The Labute approximate surface area is 235 Å². The Balaban J connectivity index is 1.40. The molecule has 0 saturated carbocycles. The van der Waals surface area contributed by atoms with Crippen LogP contribution < -0.4 is 5.32 Å². The SMILES string of the molecule is C=CCn1c(SCC(=O)Nc2ncc(Cc3c(Cl)cccc3Cl)s2)nnc1-c1ccc(C(C)(C)C)cc1. The largest absolute Gasteiger partial charge is 0.301 e. The Bertz CT molecular complexity index is 1390. The molecule has 0 aliphatic carbocycles. The summed E-state index contributed by atoms with van der Waals surface area (Å²) in [4.78, 5) is 17.9. The number of carbonyl (C=O) groups excluding carboxylic acids is 1. The highest BCUT2D eigenvalue weighted by Crippen LogP contribution is 2.30. The molecule has 0 aliphatic rings. The van der Waals surface area contributed by atoms with Crippen LogP contribution in [-0.4, -0.2) is 31.4 Å². The Morgan fingerprint density at radius 3 is 2.49 bits per heavy atom. The summed E-state index contributed by atoms with van der Waals surface area (Å²) in [6, 6.07) is 13.8. The van der Waals surface area contributed by atoms with Crippen molar-refractivity contribution in [2.24, 2.45) is 0 Å². The van der Waals surface area contributed by atoms with E-state index in [1.165, 1.54) is 28.7 Å². The molecule has 1 N–H and O–H groups in total. The van der Waals surface area contributed by atoms with E-state index in [1.807, 2.05) is 10.6 Å². The zero-order valence-corrected chi connectivity index (χ0v) is 23.9. The molecular weight excluding hydrogens is 545 g/mol. The summed E-state index contributed by atoms with van der Waals surface area (Å²) in [5.41, 5.74) is 3.13. The van der Waals surface area contributed by atoms with Crippen molar-refractivity contribution in [3.63, 3.8) is 0 Å². The maximum absolute atomic E-state index is 12.7. The van der Waals surface area contributed by atoms with Crippen LogP contribution in [-0.2, 0) is 23.2 Å². The van der Waals surface area contributed by atoms with Crippen LogP contribution in [0.4, 0.5) is 5.13 Å². The number of anilines is 1. The molecule has 0 saturated heterocycles. The maximum atomic E-state index is 12.7. The average molecular weight is 573 g/mol. The number of nitrogens with zero attached hydrogens (tertiary/aromatic N) is 4. The molecule has 4 rings (SSSR count). The number of halogens is 2. The van der Waals surface area contributed by atoms with Crippen LogP contribution in [0, 0.1) is 0 Å². The van der Waals surface area contributed by atoms with Crippen LogP contribution in [0.25, 0.3) is 11.4 Å². The standard InChI is InChI=1S/C27H27Cl2N5OS2/c1-5-13-34-24(17-9-11-18(12-10-17)27(2,3)4)32-33-26(34)36-16-23(35)31-25-30-15-19(37-25)14-20-21(28)7-6-8-22(20)29/h5-12,15H,1,13-14,16H2,2-4H3,(H,30,31,35). The first-order valence-corrected chi connectivity index (χ1v) is 14.2. The van der Waals surface area contributed by atoms with Crippen LogP contribution in [0.5, 0.6) is 0 Å². The van der Waals surface area contributed by atoms with Crippen LogP contribution >= 0.6 is 46.3 Å². The van der Waals surface area contributed by atoms with Gasteiger partial charge in [0.05, 0.1) is 5.75 Å². The first kappa shape index (κ1) is 27.4. The fourth-order valence-electron chi connectivity index (χ4n) is 3.63. The predicted molar refractivity (Wildman–Crippen MR) is 155 cm³/mol. The molecule has 37 heavy (non-hydrogen) atoms. The molecular formula is C27H27Cl2N5OS2. The monoisotopic (exact) mass is 571 g/mol. The predicted octanol–water partition coefficient (Wildman–Crippen LogP) is 7.51. The summed E-state index contributed by atoms with van der Waals surface area (Å²) in [6.07, 6.45) is 4.07. The summed E-state index contributed by atoms with van der Waals surface area (Å²) in [5, 5.41) is 14.0. The van der Waals surface area contributed by atoms with Gasteiger partial charge in [0, 0.05) is 39.6 Å². The third kappa shape index (κ3) is 6.82. The van der Waals surface area contributed by atoms with Gasteiger partial charge in [0.25, 0.3) is 0 Å². The first-order valence-electron chi connectivity index (χ1n) is 11.6. The highest BCUT2D eigenvalue weighted by molar-refractivity contribution is 7.99. The normalized spacial score (nSPS) is 11.5. The Morgan fingerprint density at radius 2 is 1.84 bits per heavy atom. The summed E-state index contributed by atoms with van der Waals surface area (Å²) >= 11 is 15.3. The van der Waals surface area contributed by atoms with Gasteiger partial charge in [-0.2, -0.15) is 0 Å². The van der Waals surface area contributed by atoms with Crippen molar-refractivity contribution in [3.8, 4) is 11.4 Å². The van der Waals surface area contributed by atoms with Crippen molar-refractivity contribution < 1.29 is 4.79 Å². The number of amides is 1. The minimum absolute atomic E-state index is 0.0710. The quantitative estimate of drug-likeness (QED) is 0.166. The van der Waals surface area contributed by atoms with Gasteiger partial charge < -0.3 is 5.32 Å². The number of rotatable bonds is 9. The van der Waals surface area contributed by atoms with Gasteiger partial charge in [-0.15, -0.1) is 28.1 Å². The van der Waals surface area contributed by atoms with Gasteiger partial charge in [-0.05, 0) is 28.7 Å². The molecule has 0 fully saturated rings. The molecule has 2 aromatic carbocycles. The summed E-state index contributed by atoms with van der Waals surface area (Å²) in [6.45, 7) is 10.9. The highest BCUT2D eigenvalue weighted by Gasteiger charge is 2.18. The highest BCUT2D eigenvalue weighted by atomic mass is 35.5. The van der Waals surface area contributed by atoms with Crippen LogP contribution in [0.1, 0.15) is 36.8 Å². The molecule has 4 aromatic rings. The van der Waals surface area contributed by atoms with E-state index in [0.717, 1.165) is 21.8 Å². The zero-order chi connectivity index (χ0) is 26.6. The first-order chi connectivity index (χ1) is 17.7. The van der Waals surface area contributed by atoms with Gasteiger partial charge in [0.15, 0.2) is 16.1 Å². The van der Waals surface area contributed by atoms with E-state index in [1.54, 1.807) is 24.4 Å². The molecule has 0 aliphatic heterocycles. The Morgan fingerprint density at radius 1 is 1.14 bits per heavy atom.